The van der Waals surface area contributed by atoms with E-state index in [1.165, 1.54) is 0 Å². The highest BCUT2D eigenvalue weighted by molar-refractivity contribution is 9.11. The molecule has 2 bridgehead atoms. The predicted octanol–water partition coefficient (Wildman–Crippen LogP) is 3.18. The fraction of sp³-hybridized carbons (Fsp3) is 0.500. The third-order valence-electron chi connectivity index (χ3n) is 3.81. The second kappa shape index (κ2) is 4.30. The molecule has 3 aliphatic carbocycles. The Kier molecular flexibility index (Phi) is 3.12. The summed E-state index contributed by atoms with van der Waals surface area (Å²) in [6.07, 6.45) is 3.05. The van der Waals surface area contributed by atoms with E-state index in [0.29, 0.717) is 0 Å². The molecule has 18 heavy (non-hydrogen) atoms. The standard InChI is InChI=1S/C12H13Br2NO2S/c13-10-2-1-3-11(14)9(10)7-18(16,17)15-12-4-8(5-12)6-12/h1-3,8,15H,4-7H2. The zero-order chi connectivity index (χ0) is 13.0. The van der Waals surface area contributed by atoms with E-state index in [1.54, 1.807) is 0 Å². The van der Waals surface area contributed by atoms with Crippen molar-refractivity contribution in [2.24, 2.45) is 5.92 Å². The summed E-state index contributed by atoms with van der Waals surface area (Å²) in [5, 5.41) is 0. The molecular formula is C12H13Br2NO2S. The molecule has 1 N–H and O–H groups in total. The van der Waals surface area contributed by atoms with Gasteiger partial charge in [0.25, 0.3) is 0 Å². The van der Waals surface area contributed by atoms with Crippen molar-refractivity contribution in [3.8, 4) is 0 Å². The zero-order valence-electron chi connectivity index (χ0n) is 9.62. The quantitative estimate of drug-likeness (QED) is 0.852. The Hall–Kier alpha value is 0.0900. The summed E-state index contributed by atoms with van der Waals surface area (Å²) in [5.41, 5.74) is 0.675. The first-order valence-electron chi connectivity index (χ1n) is 5.84. The van der Waals surface area contributed by atoms with Gasteiger partial charge in [0.1, 0.15) is 0 Å². The number of halogens is 2. The van der Waals surface area contributed by atoms with Gasteiger partial charge in [-0.15, -0.1) is 0 Å². The maximum atomic E-state index is 12.2. The molecule has 3 aliphatic rings. The third kappa shape index (κ3) is 2.28. The summed E-state index contributed by atoms with van der Waals surface area (Å²) in [6, 6.07) is 5.59. The van der Waals surface area contributed by atoms with Gasteiger partial charge in [0.05, 0.1) is 5.75 Å². The minimum Gasteiger partial charge on any atom is -0.212 e. The molecule has 0 spiro atoms. The summed E-state index contributed by atoms with van der Waals surface area (Å²) in [6.45, 7) is 0. The van der Waals surface area contributed by atoms with Crippen LogP contribution in [0.25, 0.3) is 0 Å². The Morgan fingerprint density at radius 1 is 1.22 bits per heavy atom. The smallest absolute Gasteiger partial charge is 0.212 e. The Labute approximate surface area is 124 Å². The van der Waals surface area contributed by atoms with Crippen molar-refractivity contribution in [2.45, 2.75) is 30.6 Å². The first-order valence-corrected chi connectivity index (χ1v) is 9.08. The maximum Gasteiger partial charge on any atom is 0.216 e. The number of sulfonamides is 1. The van der Waals surface area contributed by atoms with Crippen LogP contribution in [0.5, 0.6) is 0 Å². The zero-order valence-corrected chi connectivity index (χ0v) is 13.6. The summed E-state index contributed by atoms with van der Waals surface area (Å²) < 4.78 is 28.9. The van der Waals surface area contributed by atoms with Crippen LogP contribution in [0.4, 0.5) is 0 Å². The Bertz CT molecular complexity index is 563. The Morgan fingerprint density at radius 3 is 2.22 bits per heavy atom. The topological polar surface area (TPSA) is 46.2 Å². The molecule has 0 saturated heterocycles. The predicted molar refractivity (Wildman–Crippen MR) is 77.7 cm³/mol. The van der Waals surface area contributed by atoms with E-state index in [-0.39, 0.29) is 11.3 Å². The number of nitrogens with one attached hydrogen (secondary N) is 1. The molecule has 0 unspecified atom stereocenters. The first-order chi connectivity index (χ1) is 8.39. The fourth-order valence-electron chi connectivity index (χ4n) is 2.83. The lowest BCUT2D eigenvalue weighted by Crippen LogP contribution is -2.68. The lowest BCUT2D eigenvalue weighted by Gasteiger charge is -2.61. The van der Waals surface area contributed by atoms with Crippen molar-refractivity contribution in [3.05, 3.63) is 32.7 Å². The fourth-order valence-corrected chi connectivity index (χ4v) is 6.15. The molecular weight excluding hydrogens is 382 g/mol. The van der Waals surface area contributed by atoms with Crippen LogP contribution in [0.3, 0.4) is 0 Å². The normalized spacial score (nSPS) is 29.6. The number of benzene rings is 1. The highest BCUT2D eigenvalue weighted by Gasteiger charge is 2.58. The highest BCUT2D eigenvalue weighted by atomic mass is 79.9. The van der Waals surface area contributed by atoms with E-state index in [2.05, 4.69) is 36.6 Å². The molecule has 0 heterocycles. The Morgan fingerprint density at radius 2 is 1.78 bits per heavy atom. The average molecular weight is 395 g/mol. The lowest BCUT2D eigenvalue weighted by atomic mass is 9.50. The van der Waals surface area contributed by atoms with Gasteiger partial charge in [-0.1, -0.05) is 37.9 Å². The molecule has 1 aromatic rings. The van der Waals surface area contributed by atoms with Crippen LogP contribution in [0.1, 0.15) is 24.8 Å². The molecule has 98 valence electrons. The van der Waals surface area contributed by atoms with Crippen LogP contribution >= 0.6 is 31.9 Å². The molecule has 1 aromatic carbocycles. The molecule has 0 aromatic heterocycles. The number of hydrogen-bond acceptors (Lipinski definition) is 2. The second-order valence-electron chi connectivity index (χ2n) is 5.32. The van der Waals surface area contributed by atoms with Gasteiger partial charge in [-0.2, -0.15) is 0 Å². The molecule has 0 radical (unpaired) electrons. The van der Waals surface area contributed by atoms with Gasteiger partial charge in [-0.3, -0.25) is 0 Å². The third-order valence-corrected chi connectivity index (χ3v) is 6.70. The van der Waals surface area contributed by atoms with E-state index < -0.39 is 10.0 Å². The van der Waals surface area contributed by atoms with Gasteiger partial charge < -0.3 is 0 Å². The SMILES string of the molecule is O=S(=O)(Cc1c(Br)cccc1Br)NC12CC(C1)C2. The first kappa shape index (κ1) is 13.1. The van der Waals surface area contributed by atoms with Gasteiger partial charge in [0.2, 0.25) is 10.0 Å². The van der Waals surface area contributed by atoms with Gasteiger partial charge in [-0.25, -0.2) is 13.1 Å². The van der Waals surface area contributed by atoms with E-state index in [4.69, 9.17) is 0 Å². The molecule has 4 rings (SSSR count). The van der Waals surface area contributed by atoms with Crippen LogP contribution < -0.4 is 4.72 Å². The molecule has 0 atom stereocenters. The highest BCUT2D eigenvalue weighted by Crippen LogP contribution is 2.57. The van der Waals surface area contributed by atoms with Crippen molar-refractivity contribution >= 4 is 41.9 Å². The molecule has 0 amide bonds. The van der Waals surface area contributed by atoms with Gasteiger partial charge in [0.15, 0.2) is 0 Å². The van der Waals surface area contributed by atoms with Crippen molar-refractivity contribution < 1.29 is 8.42 Å². The van der Waals surface area contributed by atoms with Crippen molar-refractivity contribution in [2.75, 3.05) is 0 Å². The maximum absolute atomic E-state index is 12.2. The van der Waals surface area contributed by atoms with Gasteiger partial charge in [0, 0.05) is 14.5 Å². The van der Waals surface area contributed by atoms with Gasteiger partial charge >= 0.3 is 0 Å². The van der Waals surface area contributed by atoms with Crippen LogP contribution in [0.15, 0.2) is 27.1 Å². The van der Waals surface area contributed by atoms with Crippen LogP contribution in [0, 0.1) is 5.92 Å². The van der Waals surface area contributed by atoms with E-state index in [1.807, 2.05) is 18.2 Å². The van der Waals surface area contributed by atoms with Gasteiger partial charge in [-0.05, 0) is 42.9 Å². The summed E-state index contributed by atoms with van der Waals surface area (Å²) >= 11 is 6.80. The summed E-state index contributed by atoms with van der Waals surface area (Å²) in [5.74, 6) is 0.782. The Balaban J connectivity index is 1.78. The van der Waals surface area contributed by atoms with Crippen molar-refractivity contribution in [3.63, 3.8) is 0 Å². The number of rotatable bonds is 4. The van der Waals surface area contributed by atoms with Crippen LogP contribution in [-0.2, 0) is 15.8 Å². The van der Waals surface area contributed by atoms with E-state index >= 15 is 0 Å². The lowest BCUT2D eigenvalue weighted by molar-refractivity contribution is -0.0317. The van der Waals surface area contributed by atoms with Crippen molar-refractivity contribution in [1.82, 2.24) is 4.72 Å². The van der Waals surface area contributed by atoms with E-state index in [9.17, 15) is 8.42 Å². The molecule has 3 saturated carbocycles. The largest absolute Gasteiger partial charge is 0.216 e. The average Bonchev–Trinajstić information content (AvgIpc) is 2.17. The minimum absolute atomic E-state index is 0.0153. The second-order valence-corrected chi connectivity index (χ2v) is 8.75. The molecule has 3 nitrogen and oxygen atoms in total. The molecule has 0 aliphatic heterocycles. The molecule has 3 fully saturated rings. The van der Waals surface area contributed by atoms with Crippen molar-refractivity contribution in [1.29, 1.82) is 0 Å². The van der Waals surface area contributed by atoms with Crippen LogP contribution in [-0.4, -0.2) is 14.0 Å². The number of hydrogen-bond donors (Lipinski definition) is 1. The van der Waals surface area contributed by atoms with E-state index in [0.717, 1.165) is 39.7 Å². The molecule has 6 heteroatoms. The monoisotopic (exact) mass is 393 g/mol. The summed E-state index contributed by atoms with van der Waals surface area (Å²) in [4.78, 5) is 0. The minimum atomic E-state index is -3.27. The summed E-state index contributed by atoms with van der Waals surface area (Å²) in [7, 11) is -3.27. The van der Waals surface area contributed by atoms with Crippen LogP contribution in [0.2, 0.25) is 0 Å².